The summed E-state index contributed by atoms with van der Waals surface area (Å²) in [6.45, 7) is 2.27. The molecule has 0 aliphatic carbocycles. The summed E-state index contributed by atoms with van der Waals surface area (Å²) in [6, 6.07) is 20.2. The lowest BCUT2D eigenvalue weighted by molar-refractivity contribution is 0.100. The smallest absolute Gasteiger partial charge is 0.249 e. The number of aromatic nitrogens is 3. The first-order chi connectivity index (χ1) is 16.7. The lowest BCUT2D eigenvalue weighted by Crippen LogP contribution is -2.29. The van der Waals surface area contributed by atoms with Gasteiger partial charge in [-0.05, 0) is 59.4 Å². The number of hydrogen-bond acceptors (Lipinski definition) is 4. The molecule has 3 heterocycles. The quantitative estimate of drug-likeness (QED) is 0.405. The predicted octanol–water partition coefficient (Wildman–Crippen LogP) is 5.31. The maximum absolute atomic E-state index is 11.9. The van der Waals surface area contributed by atoms with Gasteiger partial charge in [0.25, 0.3) is 0 Å². The van der Waals surface area contributed by atoms with E-state index in [0.29, 0.717) is 5.56 Å². The molecule has 1 amide bonds. The second-order valence-electron chi connectivity index (χ2n) is 8.83. The first-order valence-corrected chi connectivity index (χ1v) is 11.7. The molecule has 1 fully saturated rings. The first kappa shape index (κ1) is 20.4. The standard InChI is InChI=1S/C28H25N5O/c29-27(34)25-13-12-24(22-6-2-3-7-23(22)25)26-17-31-33-18-20(16-30-28(26)33)19-8-10-21(11-9-19)32-14-4-1-5-15-32/h2-3,6-13,16-18H,1,4-5,14-15H2,(H2,29,34). The summed E-state index contributed by atoms with van der Waals surface area (Å²) in [5, 5.41) is 6.37. The van der Waals surface area contributed by atoms with Crippen LogP contribution in [-0.2, 0) is 0 Å². The van der Waals surface area contributed by atoms with Gasteiger partial charge in [-0.15, -0.1) is 0 Å². The highest BCUT2D eigenvalue weighted by Crippen LogP contribution is 2.33. The van der Waals surface area contributed by atoms with Crippen molar-refractivity contribution >= 4 is 28.0 Å². The number of fused-ring (bicyclic) bond motifs is 2. The molecule has 0 bridgehead atoms. The molecule has 1 aliphatic rings. The Labute approximate surface area is 197 Å². The average Bonchev–Trinajstić information content (AvgIpc) is 3.31. The molecule has 0 atom stereocenters. The number of anilines is 1. The highest BCUT2D eigenvalue weighted by molar-refractivity contribution is 6.11. The number of carbonyl (C=O) groups excluding carboxylic acids is 1. The number of primary amides is 1. The van der Waals surface area contributed by atoms with E-state index >= 15 is 0 Å². The molecular formula is C28H25N5O. The van der Waals surface area contributed by atoms with Gasteiger partial charge in [0.05, 0.1) is 6.20 Å². The Morgan fingerprint density at radius 3 is 2.32 bits per heavy atom. The number of carbonyl (C=O) groups is 1. The molecule has 0 saturated carbocycles. The van der Waals surface area contributed by atoms with Crippen LogP contribution in [0.5, 0.6) is 0 Å². The van der Waals surface area contributed by atoms with Crippen LogP contribution in [-0.4, -0.2) is 33.6 Å². The Bertz CT molecular complexity index is 1510. The van der Waals surface area contributed by atoms with E-state index in [1.807, 2.05) is 53.4 Å². The Balaban J connectivity index is 1.37. The van der Waals surface area contributed by atoms with Crippen LogP contribution in [0.2, 0.25) is 0 Å². The van der Waals surface area contributed by atoms with E-state index in [1.165, 1.54) is 24.9 Å². The second kappa shape index (κ2) is 8.30. The third-order valence-electron chi connectivity index (χ3n) is 6.76. The Kier molecular flexibility index (Phi) is 4.99. The zero-order valence-corrected chi connectivity index (χ0v) is 18.8. The number of hydrogen-bond donors (Lipinski definition) is 1. The van der Waals surface area contributed by atoms with Crippen molar-refractivity contribution in [1.29, 1.82) is 0 Å². The van der Waals surface area contributed by atoms with Crippen LogP contribution in [0.4, 0.5) is 5.69 Å². The van der Waals surface area contributed by atoms with Crippen molar-refractivity contribution in [3.63, 3.8) is 0 Å². The van der Waals surface area contributed by atoms with E-state index < -0.39 is 5.91 Å². The number of nitrogens with two attached hydrogens (primary N) is 1. The highest BCUT2D eigenvalue weighted by atomic mass is 16.1. The number of piperidine rings is 1. The van der Waals surface area contributed by atoms with E-state index in [1.54, 1.807) is 6.07 Å². The largest absolute Gasteiger partial charge is 0.372 e. The normalized spacial score (nSPS) is 14.1. The molecule has 1 saturated heterocycles. The molecule has 2 N–H and O–H groups in total. The van der Waals surface area contributed by atoms with Gasteiger partial charge in [0.15, 0.2) is 5.65 Å². The molecule has 6 heteroatoms. The van der Waals surface area contributed by atoms with Crippen molar-refractivity contribution in [3.8, 4) is 22.3 Å². The van der Waals surface area contributed by atoms with Crippen LogP contribution >= 0.6 is 0 Å². The zero-order chi connectivity index (χ0) is 23.1. The van der Waals surface area contributed by atoms with E-state index in [0.717, 1.165) is 51.8 Å². The van der Waals surface area contributed by atoms with E-state index in [2.05, 4.69) is 34.3 Å². The summed E-state index contributed by atoms with van der Waals surface area (Å²) in [5.74, 6) is -0.434. The summed E-state index contributed by atoms with van der Waals surface area (Å²) >= 11 is 0. The van der Waals surface area contributed by atoms with E-state index in [4.69, 9.17) is 10.7 Å². The summed E-state index contributed by atoms with van der Waals surface area (Å²) in [5.41, 5.74) is 12.2. The molecule has 34 heavy (non-hydrogen) atoms. The Hall–Kier alpha value is -4.19. The van der Waals surface area contributed by atoms with Gasteiger partial charge in [-0.2, -0.15) is 5.10 Å². The average molecular weight is 448 g/mol. The Morgan fingerprint density at radius 1 is 0.794 bits per heavy atom. The zero-order valence-electron chi connectivity index (χ0n) is 18.8. The van der Waals surface area contributed by atoms with Crippen molar-refractivity contribution in [2.45, 2.75) is 19.3 Å². The minimum absolute atomic E-state index is 0.434. The highest BCUT2D eigenvalue weighted by Gasteiger charge is 2.16. The van der Waals surface area contributed by atoms with Gasteiger partial charge < -0.3 is 10.6 Å². The number of nitrogens with zero attached hydrogens (tertiary/aromatic N) is 4. The maximum atomic E-state index is 11.9. The third-order valence-corrected chi connectivity index (χ3v) is 6.76. The van der Waals surface area contributed by atoms with Gasteiger partial charge in [-0.1, -0.05) is 42.5 Å². The van der Waals surface area contributed by atoms with Crippen LogP contribution in [0.25, 0.3) is 38.7 Å². The van der Waals surface area contributed by atoms with Crippen LogP contribution < -0.4 is 10.6 Å². The van der Waals surface area contributed by atoms with E-state index in [-0.39, 0.29) is 0 Å². The fraction of sp³-hybridized carbons (Fsp3) is 0.179. The van der Waals surface area contributed by atoms with Gasteiger partial charge in [-0.3, -0.25) is 4.79 Å². The predicted molar refractivity (Wildman–Crippen MR) is 136 cm³/mol. The first-order valence-electron chi connectivity index (χ1n) is 11.7. The van der Waals surface area contributed by atoms with Gasteiger partial charge in [0, 0.05) is 47.9 Å². The Morgan fingerprint density at radius 2 is 1.56 bits per heavy atom. The fourth-order valence-electron chi connectivity index (χ4n) is 4.98. The van der Waals surface area contributed by atoms with Crippen molar-refractivity contribution in [2.24, 2.45) is 5.73 Å². The van der Waals surface area contributed by atoms with E-state index in [9.17, 15) is 4.79 Å². The lowest BCUT2D eigenvalue weighted by Gasteiger charge is -2.28. The topological polar surface area (TPSA) is 76.5 Å². The van der Waals surface area contributed by atoms with Crippen molar-refractivity contribution in [3.05, 3.63) is 84.8 Å². The molecule has 5 aromatic rings. The van der Waals surface area contributed by atoms with Crippen LogP contribution in [0.1, 0.15) is 29.6 Å². The summed E-state index contributed by atoms with van der Waals surface area (Å²) in [7, 11) is 0. The van der Waals surface area contributed by atoms with Crippen LogP contribution in [0.3, 0.4) is 0 Å². The molecular weight excluding hydrogens is 422 g/mol. The number of benzene rings is 3. The minimum Gasteiger partial charge on any atom is -0.372 e. The van der Waals surface area contributed by atoms with Crippen molar-refractivity contribution in [1.82, 2.24) is 14.6 Å². The molecule has 1 aliphatic heterocycles. The maximum Gasteiger partial charge on any atom is 0.249 e. The third kappa shape index (κ3) is 3.48. The molecule has 0 spiro atoms. The SMILES string of the molecule is NC(=O)c1ccc(-c2cnn3cc(-c4ccc(N5CCCCC5)cc4)cnc23)c2ccccc12. The minimum atomic E-state index is -0.434. The molecule has 3 aromatic carbocycles. The van der Waals surface area contributed by atoms with Gasteiger partial charge in [-0.25, -0.2) is 9.50 Å². The lowest BCUT2D eigenvalue weighted by atomic mass is 9.96. The molecule has 0 unspecified atom stereocenters. The van der Waals surface area contributed by atoms with Crippen LogP contribution in [0.15, 0.2) is 79.3 Å². The van der Waals surface area contributed by atoms with Gasteiger partial charge in [0.2, 0.25) is 5.91 Å². The molecule has 2 aromatic heterocycles. The summed E-state index contributed by atoms with van der Waals surface area (Å²) in [6.07, 6.45) is 9.61. The molecule has 6 nitrogen and oxygen atoms in total. The number of amides is 1. The molecule has 168 valence electrons. The number of rotatable bonds is 4. The molecule has 0 radical (unpaired) electrons. The van der Waals surface area contributed by atoms with Gasteiger partial charge >= 0.3 is 0 Å². The van der Waals surface area contributed by atoms with Gasteiger partial charge in [0.1, 0.15) is 0 Å². The monoisotopic (exact) mass is 447 g/mol. The molecule has 6 rings (SSSR count). The summed E-state index contributed by atoms with van der Waals surface area (Å²) < 4.78 is 1.82. The second-order valence-corrected chi connectivity index (χ2v) is 8.83. The fourth-order valence-corrected chi connectivity index (χ4v) is 4.98. The van der Waals surface area contributed by atoms with Crippen molar-refractivity contribution < 1.29 is 4.79 Å². The van der Waals surface area contributed by atoms with Crippen molar-refractivity contribution in [2.75, 3.05) is 18.0 Å². The summed E-state index contributed by atoms with van der Waals surface area (Å²) in [4.78, 5) is 19.1. The van der Waals surface area contributed by atoms with Crippen LogP contribution in [0, 0.1) is 0 Å².